The average Bonchev–Trinajstić information content (AvgIpc) is 3.70. The van der Waals surface area contributed by atoms with E-state index in [-0.39, 0.29) is 5.97 Å². The Hall–Kier alpha value is -3.34. The Bertz CT molecular complexity index is 1500. The fourth-order valence-electron chi connectivity index (χ4n) is 5.60. The van der Waals surface area contributed by atoms with E-state index < -0.39 is 0 Å². The van der Waals surface area contributed by atoms with Crippen LogP contribution in [-0.2, 0) is 4.74 Å². The van der Waals surface area contributed by atoms with Crippen LogP contribution < -0.4 is 15.0 Å². The lowest BCUT2D eigenvalue weighted by atomic mass is 10.0. The fraction of sp³-hybridized carbons (Fsp3) is 0.367. The smallest absolute Gasteiger partial charge is 0.339 e. The van der Waals surface area contributed by atoms with Gasteiger partial charge in [-0.3, -0.25) is 0 Å². The van der Waals surface area contributed by atoms with Crippen molar-refractivity contribution in [2.75, 3.05) is 50.6 Å². The standard InChI is InChI=1S/C30H33N5O3S2/c1-37-25-19-21(35-16-11-20(12-17-35)34-14-5-6-15-34)9-10-23(25)31-30-32-24-13-18-39-27(24)28(33-30)40-26-8-4-3-7-22(26)29(36)38-2/h3-4,7-10,13,18-20H,5-6,11-12,14-17H2,1-2H3,(H,31,32,33). The molecule has 10 heteroatoms. The number of ether oxygens (including phenoxy) is 2. The van der Waals surface area contributed by atoms with Gasteiger partial charge in [0.1, 0.15) is 10.8 Å². The summed E-state index contributed by atoms with van der Waals surface area (Å²) in [5, 5.41) is 6.16. The highest BCUT2D eigenvalue weighted by atomic mass is 32.2. The maximum atomic E-state index is 12.3. The van der Waals surface area contributed by atoms with Crippen molar-refractivity contribution in [1.29, 1.82) is 0 Å². The monoisotopic (exact) mass is 575 g/mol. The van der Waals surface area contributed by atoms with Gasteiger partial charge in [0.15, 0.2) is 0 Å². The number of nitrogens with one attached hydrogen (secondary N) is 1. The summed E-state index contributed by atoms with van der Waals surface area (Å²) in [5.41, 5.74) is 3.33. The highest BCUT2D eigenvalue weighted by Gasteiger charge is 2.27. The van der Waals surface area contributed by atoms with Crippen molar-refractivity contribution in [2.45, 2.75) is 41.6 Å². The van der Waals surface area contributed by atoms with Gasteiger partial charge in [-0.25, -0.2) is 14.8 Å². The molecule has 4 heterocycles. The molecular formula is C30H33N5O3S2. The number of methoxy groups -OCH3 is 2. The van der Waals surface area contributed by atoms with Crippen LogP contribution in [0, 0.1) is 0 Å². The summed E-state index contributed by atoms with van der Waals surface area (Å²) in [6.45, 7) is 4.64. The average molecular weight is 576 g/mol. The van der Waals surface area contributed by atoms with Gasteiger partial charge in [-0.15, -0.1) is 11.3 Å². The zero-order valence-electron chi connectivity index (χ0n) is 22.8. The predicted molar refractivity (Wildman–Crippen MR) is 162 cm³/mol. The molecule has 6 rings (SSSR count). The third-order valence-electron chi connectivity index (χ3n) is 7.69. The second-order valence-corrected chi connectivity index (χ2v) is 12.0. The number of carbonyl (C=O) groups excluding carboxylic acids is 1. The summed E-state index contributed by atoms with van der Waals surface area (Å²) in [4.78, 5) is 27.9. The first-order valence-corrected chi connectivity index (χ1v) is 15.4. The van der Waals surface area contributed by atoms with Gasteiger partial charge in [0.2, 0.25) is 5.95 Å². The van der Waals surface area contributed by atoms with Crippen LogP contribution in [0.3, 0.4) is 0 Å². The molecule has 0 radical (unpaired) electrons. The molecular weight excluding hydrogens is 542 g/mol. The van der Waals surface area contributed by atoms with E-state index >= 15 is 0 Å². The van der Waals surface area contributed by atoms with Gasteiger partial charge >= 0.3 is 5.97 Å². The molecule has 0 unspecified atom stereocenters. The number of benzene rings is 2. The number of fused-ring (bicyclic) bond motifs is 1. The third-order valence-corrected chi connectivity index (χ3v) is 9.79. The first kappa shape index (κ1) is 26.9. The maximum absolute atomic E-state index is 12.3. The predicted octanol–water partition coefficient (Wildman–Crippen LogP) is 6.45. The van der Waals surface area contributed by atoms with E-state index in [1.807, 2.05) is 35.7 Å². The lowest BCUT2D eigenvalue weighted by Crippen LogP contribution is -2.43. The zero-order valence-corrected chi connectivity index (χ0v) is 24.4. The van der Waals surface area contributed by atoms with Crippen LogP contribution in [0.2, 0.25) is 0 Å². The molecule has 0 spiro atoms. The Morgan fingerprint density at radius 3 is 2.60 bits per heavy atom. The van der Waals surface area contributed by atoms with Crippen LogP contribution in [0.15, 0.2) is 63.8 Å². The quantitative estimate of drug-likeness (QED) is 0.188. The third kappa shape index (κ3) is 5.61. The minimum absolute atomic E-state index is 0.372. The Morgan fingerprint density at radius 1 is 1.02 bits per heavy atom. The van der Waals surface area contributed by atoms with E-state index in [1.165, 1.54) is 63.3 Å². The number of piperidine rings is 1. The fourth-order valence-corrected chi connectivity index (χ4v) is 7.53. The van der Waals surface area contributed by atoms with E-state index in [4.69, 9.17) is 19.4 Å². The molecule has 0 atom stereocenters. The van der Waals surface area contributed by atoms with Gasteiger partial charge < -0.3 is 24.6 Å². The molecule has 2 aromatic heterocycles. The molecule has 2 fully saturated rings. The van der Waals surface area contributed by atoms with Crippen molar-refractivity contribution in [3.63, 3.8) is 0 Å². The summed E-state index contributed by atoms with van der Waals surface area (Å²) in [7, 11) is 3.08. The number of rotatable bonds is 8. The number of hydrogen-bond donors (Lipinski definition) is 1. The molecule has 208 valence electrons. The van der Waals surface area contributed by atoms with E-state index in [2.05, 4.69) is 27.2 Å². The first-order valence-electron chi connectivity index (χ1n) is 13.7. The van der Waals surface area contributed by atoms with E-state index in [9.17, 15) is 4.79 Å². The Balaban J connectivity index is 1.22. The lowest BCUT2D eigenvalue weighted by molar-refractivity contribution is 0.0597. The van der Waals surface area contributed by atoms with Crippen LogP contribution in [0.5, 0.6) is 5.75 Å². The van der Waals surface area contributed by atoms with Crippen molar-refractivity contribution in [2.24, 2.45) is 0 Å². The second kappa shape index (κ2) is 12.0. The number of likely N-dealkylation sites (tertiary alicyclic amines) is 1. The minimum atomic E-state index is -0.372. The van der Waals surface area contributed by atoms with E-state index in [1.54, 1.807) is 24.5 Å². The van der Waals surface area contributed by atoms with Crippen molar-refractivity contribution in [3.8, 4) is 5.75 Å². The van der Waals surface area contributed by atoms with Crippen molar-refractivity contribution in [3.05, 3.63) is 59.5 Å². The molecule has 2 aliphatic heterocycles. The van der Waals surface area contributed by atoms with Crippen LogP contribution >= 0.6 is 23.1 Å². The molecule has 0 saturated carbocycles. The molecule has 2 aromatic carbocycles. The summed E-state index contributed by atoms with van der Waals surface area (Å²) >= 11 is 3.01. The van der Waals surface area contributed by atoms with Crippen molar-refractivity contribution >= 4 is 56.6 Å². The molecule has 8 nitrogen and oxygen atoms in total. The molecule has 2 aliphatic rings. The van der Waals surface area contributed by atoms with Crippen LogP contribution in [0.25, 0.3) is 10.2 Å². The van der Waals surface area contributed by atoms with Gasteiger partial charge in [0.05, 0.1) is 35.7 Å². The summed E-state index contributed by atoms with van der Waals surface area (Å²) < 4.78 is 11.7. The highest BCUT2D eigenvalue weighted by Crippen LogP contribution is 2.38. The number of esters is 1. The zero-order chi connectivity index (χ0) is 27.5. The van der Waals surface area contributed by atoms with Gasteiger partial charge in [-0.2, -0.15) is 0 Å². The number of nitrogens with zero attached hydrogens (tertiary/aromatic N) is 4. The Morgan fingerprint density at radius 2 is 1.82 bits per heavy atom. The summed E-state index contributed by atoms with van der Waals surface area (Å²) in [6, 6.07) is 16.4. The minimum Gasteiger partial charge on any atom is -0.494 e. The second-order valence-electron chi connectivity index (χ2n) is 10.0. The van der Waals surface area contributed by atoms with Gasteiger partial charge in [0.25, 0.3) is 0 Å². The topological polar surface area (TPSA) is 79.8 Å². The molecule has 0 aliphatic carbocycles. The number of anilines is 3. The van der Waals surface area contributed by atoms with Gasteiger partial charge in [-0.1, -0.05) is 23.9 Å². The molecule has 40 heavy (non-hydrogen) atoms. The largest absolute Gasteiger partial charge is 0.494 e. The van der Waals surface area contributed by atoms with Crippen LogP contribution in [-0.4, -0.2) is 67.3 Å². The first-order chi connectivity index (χ1) is 19.6. The van der Waals surface area contributed by atoms with Gasteiger partial charge in [-0.05, 0) is 74.5 Å². The Kier molecular flexibility index (Phi) is 8.08. The van der Waals surface area contributed by atoms with E-state index in [0.29, 0.717) is 11.5 Å². The number of thiophene rings is 1. The van der Waals surface area contributed by atoms with Crippen molar-refractivity contribution < 1.29 is 14.3 Å². The van der Waals surface area contributed by atoms with E-state index in [0.717, 1.165) is 50.7 Å². The molecule has 2 saturated heterocycles. The molecule has 4 aromatic rings. The van der Waals surface area contributed by atoms with Crippen LogP contribution in [0.4, 0.5) is 17.3 Å². The Labute approximate surface area is 242 Å². The van der Waals surface area contributed by atoms with Crippen molar-refractivity contribution in [1.82, 2.24) is 14.9 Å². The number of carbonyl (C=O) groups is 1. The van der Waals surface area contributed by atoms with Gasteiger partial charge in [0, 0.05) is 35.8 Å². The SMILES string of the molecule is COC(=O)c1ccccc1Sc1nc(Nc2ccc(N3CCC(N4CCCC4)CC3)cc2OC)nc2ccsc12. The molecule has 0 amide bonds. The van der Waals surface area contributed by atoms with Crippen LogP contribution in [0.1, 0.15) is 36.0 Å². The molecule has 1 N–H and O–H groups in total. The number of hydrogen-bond acceptors (Lipinski definition) is 10. The number of aromatic nitrogens is 2. The highest BCUT2D eigenvalue weighted by molar-refractivity contribution is 7.99. The normalized spacial score (nSPS) is 16.4. The summed E-state index contributed by atoms with van der Waals surface area (Å²) in [6.07, 6.45) is 5.10. The lowest BCUT2D eigenvalue weighted by Gasteiger charge is -2.38. The summed E-state index contributed by atoms with van der Waals surface area (Å²) in [5.74, 6) is 0.850. The maximum Gasteiger partial charge on any atom is 0.339 e. The molecule has 0 bridgehead atoms.